The van der Waals surface area contributed by atoms with Crippen molar-refractivity contribution in [2.45, 2.75) is 52.9 Å². The fourth-order valence-corrected chi connectivity index (χ4v) is 1.41. The minimum atomic E-state index is 0.611. The summed E-state index contributed by atoms with van der Waals surface area (Å²) >= 11 is 0. The zero-order valence-corrected chi connectivity index (χ0v) is 9.18. The molecule has 0 aromatic heterocycles. The summed E-state index contributed by atoms with van der Waals surface area (Å²) in [6.45, 7) is 6.43. The van der Waals surface area contributed by atoms with Crippen molar-refractivity contribution in [2.24, 2.45) is 5.92 Å². The van der Waals surface area contributed by atoms with E-state index in [0.717, 1.165) is 24.7 Å². The van der Waals surface area contributed by atoms with Crippen LogP contribution in [0.5, 0.6) is 0 Å². The summed E-state index contributed by atoms with van der Waals surface area (Å²) in [6, 6.07) is 0. The molecule has 0 aromatic rings. The topological polar surface area (TPSA) is 17.1 Å². The lowest BCUT2D eigenvalue weighted by molar-refractivity contribution is -0.105. The molecule has 0 saturated heterocycles. The molecule has 13 heavy (non-hydrogen) atoms. The van der Waals surface area contributed by atoms with E-state index in [1.807, 2.05) is 6.92 Å². The second-order valence-corrected chi connectivity index (χ2v) is 3.52. The zero-order chi connectivity index (χ0) is 10.1. The van der Waals surface area contributed by atoms with Gasteiger partial charge in [-0.25, -0.2) is 0 Å². The molecule has 1 atom stereocenters. The van der Waals surface area contributed by atoms with Gasteiger partial charge in [-0.15, -0.1) is 0 Å². The maximum atomic E-state index is 10.6. The molecule has 0 fully saturated rings. The summed E-state index contributed by atoms with van der Waals surface area (Å²) in [7, 11) is 0. The van der Waals surface area contributed by atoms with E-state index in [1.54, 1.807) is 0 Å². The van der Waals surface area contributed by atoms with Gasteiger partial charge in [-0.05, 0) is 30.8 Å². The molecular weight excluding hydrogens is 160 g/mol. The number of hydrogen-bond acceptors (Lipinski definition) is 1. The van der Waals surface area contributed by atoms with Crippen molar-refractivity contribution >= 4 is 6.29 Å². The fraction of sp³-hybridized carbons (Fsp3) is 0.750. The van der Waals surface area contributed by atoms with Crippen LogP contribution in [0.15, 0.2) is 11.6 Å². The fourth-order valence-electron chi connectivity index (χ4n) is 1.41. The van der Waals surface area contributed by atoms with Crippen molar-refractivity contribution in [3.63, 3.8) is 0 Å². The van der Waals surface area contributed by atoms with E-state index in [-0.39, 0.29) is 0 Å². The summed E-state index contributed by atoms with van der Waals surface area (Å²) in [6.07, 6.45) is 8.91. The molecule has 0 aromatic carbocycles. The third kappa shape index (κ3) is 5.62. The van der Waals surface area contributed by atoms with E-state index in [1.165, 1.54) is 19.3 Å². The first kappa shape index (κ1) is 12.4. The number of aldehydes is 1. The molecule has 0 bridgehead atoms. The smallest absolute Gasteiger partial charge is 0.145 e. The average molecular weight is 182 g/mol. The molecule has 0 radical (unpaired) electrons. The van der Waals surface area contributed by atoms with Crippen molar-refractivity contribution in [2.75, 3.05) is 0 Å². The Morgan fingerprint density at radius 1 is 1.31 bits per heavy atom. The van der Waals surface area contributed by atoms with E-state index in [4.69, 9.17) is 0 Å². The number of carbonyl (C=O) groups is 1. The summed E-state index contributed by atoms with van der Waals surface area (Å²) in [5.41, 5.74) is 0.961. The molecular formula is C12H22O. The predicted octanol–water partition coefficient (Wildman–Crippen LogP) is 3.74. The molecule has 1 heteroatoms. The molecule has 1 nitrogen and oxygen atoms in total. The molecule has 0 N–H and O–H groups in total. The second kappa shape index (κ2) is 8.03. The van der Waals surface area contributed by atoms with Gasteiger partial charge in [0.15, 0.2) is 0 Å². The van der Waals surface area contributed by atoms with Crippen LogP contribution in [-0.2, 0) is 4.79 Å². The van der Waals surface area contributed by atoms with Crippen molar-refractivity contribution < 1.29 is 4.79 Å². The minimum Gasteiger partial charge on any atom is -0.298 e. The Morgan fingerprint density at radius 2 is 2.00 bits per heavy atom. The van der Waals surface area contributed by atoms with Gasteiger partial charge < -0.3 is 0 Å². The third-order valence-electron chi connectivity index (χ3n) is 2.46. The standard InChI is InChI=1S/C12H22O/c1-4-7-8-11(5-2)9-12(6-3)10-13/h9-11H,4-8H2,1-3H3/b12-9-. The lowest BCUT2D eigenvalue weighted by atomic mass is 9.96. The quantitative estimate of drug-likeness (QED) is 0.433. The van der Waals surface area contributed by atoms with Crippen molar-refractivity contribution in [3.8, 4) is 0 Å². The Morgan fingerprint density at radius 3 is 2.38 bits per heavy atom. The Hall–Kier alpha value is -0.590. The lowest BCUT2D eigenvalue weighted by Crippen LogP contribution is -1.97. The molecule has 0 aliphatic rings. The SMILES string of the molecule is CCCCC(/C=C(\C=O)CC)CC. The number of allylic oxidation sites excluding steroid dienone is 2. The van der Waals surface area contributed by atoms with Gasteiger partial charge in [-0.1, -0.05) is 39.7 Å². The van der Waals surface area contributed by atoms with Gasteiger partial charge in [-0.3, -0.25) is 4.79 Å². The van der Waals surface area contributed by atoms with Crippen molar-refractivity contribution in [1.82, 2.24) is 0 Å². The molecule has 0 aliphatic heterocycles. The highest BCUT2D eigenvalue weighted by Gasteiger charge is 2.03. The van der Waals surface area contributed by atoms with Crippen LogP contribution in [0, 0.1) is 5.92 Å². The van der Waals surface area contributed by atoms with Crippen LogP contribution in [-0.4, -0.2) is 6.29 Å². The Bertz CT molecular complexity index is 159. The summed E-state index contributed by atoms with van der Waals surface area (Å²) in [5, 5.41) is 0. The number of hydrogen-bond donors (Lipinski definition) is 0. The molecule has 76 valence electrons. The lowest BCUT2D eigenvalue weighted by Gasteiger charge is -2.09. The molecule has 0 aliphatic carbocycles. The van der Waals surface area contributed by atoms with Crippen LogP contribution in [0.1, 0.15) is 52.9 Å². The second-order valence-electron chi connectivity index (χ2n) is 3.52. The summed E-state index contributed by atoms with van der Waals surface area (Å²) in [4.78, 5) is 10.6. The maximum absolute atomic E-state index is 10.6. The maximum Gasteiger partial charge on any atom is 0.145 e. The van der Waals surface area contributed by atoms with E-state index in [9.17, 15) is 4.79 Å². The molecule has 0 spiro atoms. The van der Waals surface area contributed by atoms with Gasteiger partial charge in [0.2, 0.25) is 0 Å². The molecule has 0 heterocycles. The number of carbonyl (C=O) groups excluding carboxylic acids is 1. The van der Waals surface area contributed by atoms with Gasteiger partial charge in [0.05, 0.1) is 0 Å². The number of rotatable bonds is 7. The molecule has 1 unspecified atom stereocenters. The molecule has 0 amide bonds. The molecule has 0 rings (SSSR count). The monoisotopic (exact) mass is 182 g/mol. The van der Waals surface area contributed by atoms with Gasteiger partial charge in [0.25, 0.3) is 0 Å². The van der Waals surface area contributed by atoms with E-state index >= 15 is 0 Å². The van der Waals surface area contributed by atoms with E-state index in [0.29, 0.717) is 5.92 Å². The largest absolute Gasteiger partial charge is 0.298 e. The summed E-state index contributed by atoms with van der Waals surface area (Å²) in [5.74, 6) is 0.611. The normalized spacial score (nSPS) is 14.2. The predicted molar refractivity (Wildman–Crippen MR) is 57.7 cm³/mol. The number of unbranched alkanes of at least 4 members (excludes halogenated alkanes) is 1. The highest BCUT2D eigenvalue weighted by atomic mass is 16.1. The van der Waals surface area contributed by atoms with E-state index < -0.39 is 0 Å². The Labute approximate surface area is 82.2 Å². The first-order chi connectivity index (χ1) is 6.28. The first-order valence-electron chi connectivity index (χ1n) is 5.44. The van der Waals surface area contributed by atoms with Gasteiger partial charge in [0.1, 0.15) is 6.29 Å². The first-order valence-corrected chi connectivity index (χ1v) is 5.44. The van der Waals surface area contributed by atoms with Crippen LogP contribution in [0.3, 0.4) is 0 Å². The highest BCUT2D eigenvalue weighted by molar-refractivity contribution is 5.72. The highest BCUT2D eigenvalue weighted by Crippen LogP contribution is 2.16. The molecule has 0 saturated carbocycles. The van der Waals surface area contributed by atoms with Crippen LogP contribution >= 0.6 is 0 Å². The Kier molecular flexibility index (Phi) is 7.66. The van der Waals surface area contributed by atoms with Crippen LogP contribution in [0.25, 0.3) is 0 Å². The Balaban J connectivity index is 4.06. The van der Waals surface area contributed by atoms with Crippen molar-refractivity contribution in [1.29, 1.82) is 0 Å². The van der Waals surface area contributed by atoms with Gasteiger partial charge >= 0.3 is 0 Å². The van der Waals surface area contributed by atoms with Gasteiger partial charge in [0, 0.05) is 0 Å². The van der Waals surface area contributed by atoms with Crippen LogP contribution < -0.4 is 0 Å². The third-order valence-corrected chi connectivity index (χ3v) is 2.46. The minimum absolute atomic E-state index is 0.611. The van der Waals surface area contributed by atoms with Crippen molar-refractivity contribution in [3.05, 3.63) is 11.6 Å². The van der Waals surface area contributed by atoms with Crippen LogP contribution in [0.4, 0.5) is 0 Å². The average Bonchev–Trinajstić information content (AvgIpc) is 2.19. The van der Waals surface area contributed by atoms with Gasteiger partial charge in [-0.2, -0.15) is 0 Å². The zero-order valence-electron chi connectivity index (χ0n) is 9.18. The van der Waals surface area contributed by atoms with Crippen LogP contribution in [0.2, 0.25) is 0 Å². The van der Waals surface area contributed by atoms with E-state index in [2.05, 4.69) is 19.9 Å². The summed E-state index contributed by atoms with van der Waals surface area (Å²) < 4.78 is 0.